The molecule has 66 heavy (non-hydrogen) atoms. The van der Waals surface area contributed by atoms with Crippen LogP contribution in [-0.2, 0) is 6.54 Å². The zero-order valence-corrected chi connectivity index (χ0v) is 38.9. The number of aryl methyl sites for hydroxylation is 1. The molecule has 0 bridgehead atoms. The van der Waals surface area contributed by atoms with Crippen LogP contribution in [0.1, 0.15) is 39.6 Å². The van der Waals surface area contributed by atoms with Gasteiger partial charge < -0.3 is 0 Å². The molecule has 5 nitrogen and oxygen atoms in total. The molecule has 0 radical (unpaired) electrons. The lowest BCUT2D eigenvalue weighted by Gasteiger charge is -2.09. The molecule has 0 aliphatic carbocycles. The Hall–Kier alpha value is -7.49. The number of rotatable bonds is 8. The lowest BCUT2D eigenvalue weighted by Crippen LogP contribution is -2.06. The average molecular weight is 906 g/mol. The van der Waals surface area contributed by atoms with Crippen molar-refractivity contribution in [1.29, 1.82) is 0 Å². The Bertz CT molecular complexity index is 3690. The lowest BCUT2D eigenvalue weighted by atomic mass is 10.0. The molecule has 0 saturated carbocycles. The smallest absolute Gasteiger partial charge is 0.161 e. The first-order valence-corrected chi connectivity index (χ1v) is 24.1. The first-order valence-electron chi connectivity index (χ1n) is 21.7. The second-order valence-electron chi connectivity index (χ2n) is 15.7. The molecule has 4 heterocycles. The SMILES string of the molecule is C=Cc1sc2ccccc2c1/C=C\C.C=NC(=NC(=NCc1cccc(C)c1)c1cccc2sc3cc(-c4nc(-c5ccccc5)c5sc6ccccc6c5n4)ccc3c12)c1ccccc1. The molecular formula is C58H43N5S3. The number of allylic oxidation sites excluding steroid dienone is 1. The second-order valence-corrected chi connectivity index (χ2v) is 18.9. The van der Waals surface area contributed by atoms with Gasteiger partial charge in [-0.05, 0) is 56.0 Å². The quantitative estimate of drug-likeness (QED) is 0.113. The van der Waals surface area contributed by atoms with E-state index in [4.69, 9.17) is 20.0 Å². The van der Waals surface area contributed by atoms with Gasteiger partial charge in [0.15, 0.2) is 17.5 Å². The number of fused-ring (bicyclic) bond motifs is 7. The van der Waals surface area contributed by atoms with Crippen LogP contribution in [0.25, 0.3) is 85.4 Å². The summed E-state index contributed by atoms with van der Waals surface area (Å²) in [5, 5.41) is 4.72. The molecule has 7 aromatic carbocycles. The molecule has 0 N–H and O–H groups in total. The van der Waals surface area contributed by atoms with E-state index in [9.17, 15) is 0 Å². The summed E-state index contributed by atoms with van der Waals surface area (Å²) in [4.78, 5) is 26.2. The fourth-order valence-electron chi connectivity index (χ4n) is 8.27. The highest BCUT2D eigenvalue weighted by Gasteiger charge is 2.19. The predicted octanol–water partition coefficient (Wildman–Crippen LogP) is 16.5. The third-order valence-electron chi connectivity index (χ3n) is 11.3. The summed E-state index contributed by atoms with van der Waals surface area (Å²) in [6, 6.07) is 58.6. The van der Waals surface area contributed by atoms with Gasteiger partial charge in [-0.3, -0.25) is 4.99 Å². The first kappa shape index (κ1) is 42.5. The number of thiophene rings is 3. The van der Waals surface area contributed by atoms with E-state index in [0.29, 0.717) is 24.0 Å². The highest BCUT2D eigenvalue weighted by atomic mass is 32.1. The van der Waals surface area contributed by atoms with Gasteiger partial charge in [-0.2, -0.15) is 0 Å². The van der Waals surface area contributed by atoms with Crippen LogP contribution >= 0.6 is 34.0 Å². The zero-order chi connectivity index (χ0) is 45.0. The number of nitrogens with zero attached hydrogens (tertiary/aromatic N) is 5. The second kappa shape index (κ2) is 18.9. The van der Waals surface area contributed by atoms with Gasteiger partial charge in [0, 0.05) is 67.5 Å². The van der Waals surface area contributed by atoms with Gasteiger partial charge in [0.25, 0.3) is 0 Å². The summed E-state index contributed by atoms with van der Waals surface area (Å²) in [7, 11) is 0. The molecule has 4 aromatic heterocycles. The Balaban J connectivity index is 0.000000312. The number of aliphatic imine (C=N–C) groups is 3. The maximum absolute atomic E-state index is 5.22. The third-order valence-corrected chi connectivity index (χ3v) is 14.8. The van der Waals surface area contributed by atoms with Crippen molar-refractivity contribution < 1.29 is 0 Å². The van der Waals surface area contributed by atoms with Crippen molar-refractivity contribution in [3.8, 4) is 22.6 Å². The van der Waals surface area contributed by atoms with Crippen LogP contribution in [0.2, 0.25) is 0 Å². The van der Waals surface area contributed by atoms with Crippen LogP contribution in [0.3, 0.4) is 0 Å². The maximum Gasteiger partial charge on any atom is 0.161 e. The van der Waals surface area contributed by atoms with Gasteiger partial charge in [-0.25, -0.2) is 20.0 Å². The van der Waals surface area contributed by atoms with Crippen LogP contribution in [0.15, 0.2) is 197 Å². The molecule has 11 aromatic rings. The molecule has 0 atom stereocenters. The first-order chi connectivity index (χ1) is 32.5. The van der Waals surface area contributed by atoms with Crippen LogP contribution < -0.4 is 0 Å². The highest BCUT2D eigenvalue weighted by Crippen LogP contribution is 2.42. The fourth-order valence-corrected chi connectivity index (χ4v) is 11.6. The summed E-state index contributed by atoms with van der Waals surface area (Å²) in [5.41, 5.74) is 9.46. The molecule has 0 aliphatic rings. The van der Waals surface area contributed by atoms with Crippen LogP contribution in [0.4, 0.5) is 0 Å². The number of amidine groups is 2. The summed E-state index contributed by atoms with van der Waals surface area (Å²) >= 11 is 5.30. The molecule has 318 valence electrons. The number of benzene rings is 7. The minimum Gasteiger partial charge on any atom is -0.261 e. The van der Waals surface area contributed by atoms with Gasteiger partial charge in [0.2, 0.25) is 0 Å². The van der Waals surface area contributed by atoms with Gasteiger partial charge in [0.05, 0.1) is 22.5 Å². The van der Waals surface area contributed by atoms with E-state index in [1.165, 1.54) is 30.8 Å². The molecule has 0 unspecified atom stereocenters. The Kier molecular flexibility index (Phi) is 12.2. The summed E-state index contributed by atoms with van der Waals surface area (Å²) in [6.45, 7) is 12.3. The molecule has 11 rings (SSSR count). The van der Waals surface area contributed by atoms with E-state index >= 15 is 0 Å². The molecule has 0 amide bonds. The van der Waals surface area contributed by atoms with Gasteiger partial charge >= 0.3 is 0 Å². The Morgan fingerprint density at radius 1 is 0.621 bits per heavy atom. The van der Waals surface area contributed by atoms with E-state index in [1.807, 2.05) is 49.4 Å². The van der Waals surface area contributed by atoms with E-state index < -0.39 is 0 Å². The number of hydrogen-bond acceptors (Lipinski definition) is 6. The monoisotopic (exact) mass is 905 g/mol. The summed E-state index contributed by atoms with van der Waals surface area (Å²) in [5.74, 6) is 1.86. The molecule has 8 heteroatoms. The highest BCUT2D eigenvalue weighted by molar-refractivity contribution is 7.26. The average Bonchev–Trinajstić information content (AvgIpc) is 4.06. The summed E-state index contributed by atoms with van der Waals surface area (Å²) in [6.07, 6.45) is 6.15. The lowest BCUT2D eigenvalue weighted by molar-refractivity contribution is 1.06. The largest absolute Gasteiger partial charge is 0.261 e. The van der Waals surface area contributed by atoms with Crippen LogP contribution in [-0.4, -0.2) is 28.4 Å². The maximum atomic E-state index is 5.22. The summed E-state index contributed by atoms with van der Waals surface area (Å²) < 4.78 is 5.94. The third kappa shape index (κ3) is 8.45. The van der Waals surface area contributed by atoms with Crippen molar-refractivity contribution >= 4 is 115 Å². The van der Waals surface area contributed by atoms with Crippen LogP contribution in [0, 0.1) is 6.92 Å². The van der Waals surface area contributed by atoms with Gasteiger partial charge in [0.1, 0.15) is 0 Å². The minimum absolute atomic E-state index is 0.489. The predicted molar refractivity (Wildman–Crippen MR) is 289 cm³/mol. The minimum atomic E-state index is 0.489. The van der Waals surface area contributed by atoms with Gasteiger partial charge in [-0.1, -0.05) is 176 Å². The van der Waals surface area contributed by atoms with E-state index in [1.54, 1.807) is 34.0 Å². The molecular weight excluding hydrogens is 863 g/mol. The van der Waals surface area contributed by atoms with Crippen molar-refractivity contribution in [1.82, 2.24) is 9.97 Å². The Morgan fingerprint density at radius 2 is 1.33 bits per heavy atom. The van der Waals surface area contributed by atoms with Crippen molar-refractivity contribution in [2.45, 2.75) is 20.4 Å². The normalized spacial score (nSPS) is 12.1. The van der Waals surface area contributed by atoms with Crippen molar-refractivity contribution in [3.63, 3.8) is 0 Å². The molecule has 0 spiro atoms. The Labute approximate surface area is 395 Å². The standard InChI is InChI=1S/C45H31N5S2.C13H12S/c1-28-13-11-14-29(25-28)27-47-45(50-43(46-2)31-17-7-4-8-18-31)35-20-12-22-37-39(35)33-24-23-32(26-38(33)51-37)44-48-40(30-15-5-3-6-16-30)42-41(49-44)34-19-9-10-21-36(34)52-42;1-3-7-10-11-8-5-6-9-13(11)14-12(10)4-2/h3-26H,2,27H2,1H3;3-9H,2H2,1H3/b;7-3-. The van der Waals surface area contributed by atoms with E-state index in [-0.39, 0.29) is 0 Å². The van der Waals surface area contributed by atoms with E-state index in [2.05, 4.69) is 171 Å². The zero-order valence-electron chi connectivity index (χ0n) is 36.5. The van der Waals surface area contributed by atoms with Crippen LogP contribution in [0.5, 0.6) is 0 Å². The topological polar surface area (TPSA) is 62.9 Å². The number of hydrogen-bond donors (Lipinski definition) is 0. The van der Waals surface area contributed by atoms with E-state index in [0.717, 1.165) is 69.3 Å². The van der Waals surface area contributed by atoms with Gasteiger partial charge in [-0.15, -0.1) is 34.0 Å². The van der Waals surface area contributed by atoms with Crippen molar-refractivity contribution in [3.05, 3.63) is 215 Å². The molecule has 0 fully saturated rings. The Morgan fingerprint density at radius 3 is 2.09 bits per heavy atom. The number of aromatic nitrogens is 2. The van der Waals surface area contributed by atoms with Crippen molar-refractivity contribution in [2.24, 2.45) is 15.0 Å². The fraction of sp³-hybridized carbons (Fsp3) is 0.0517. The molecule has 0 saturated heterocycles. The molecule has 0 aliphatic heterocycles. The van der Waals surface area contributed by atoms with Crippen molar-refractivity contribution in [2.75, 3.05) is 0 Å².